The lowest BCUT2D eigenvalue weighted by Crippen LogP contribution is -2.46. The summed E-state index contributed by atoms with van der Waals surface area (Å²) in [6, 6.07) is 0.713. The minimum atomic E-state index is -0.935. The first kappa shape index (κ1) is 13.8. The third kappa shape index (κ3) is 2.96. The molecule has 2 saturated heterocycles. The Morgan fingerprint density at radius 3 is 2.50 bits per heavy atom. The van der Waals surface area contributed by atoms with Crippen LogP contribution in [0.4, 0.5) is 5.13 Å². The summed E-state index contributed by atoms with van der Waals surface area (Å²) < 4.78 is 0. The van der Waals surface area contributed by atoms with Gasteiger partial charge in [-0.15, -0.1) is 11.3 Å². The Morgan fingerprint density at radius 2 is 1.90 bits per heavy atom. The standard InChI is InChI=1S/C14H21N3O2S/c18-13(19)12-10-20-14(15-12)17-8-4-11(5-9-17)16-6-2-1-3-7-16/h10-11H,1-9H2,(H,18,19). The van der Waals surface area contributed by atoms with Gasteiger partial charge in [-0.2, -0.15) is 0 Å². The normalized spacial score (nSPS) is 22.1. The van der Waals surface area contributed by atoms with E-state index in [1.54, 1.807) is 5.38 Å². The molecular weight excluding hydrogens is 274 g/mol. The summed E-state index contributed by atoms with van der Waals surface area (Å²) in [6.07, 6.45) is 6.40. The van der Waals surface area contributed by atoms with Gasteiger partial charge in [0, 0.05) is 24.5 Å². The Balaban J connectivity index is 1.56. The van der Waals surface area contributed by atoms with Crippen LogP contribution in [0.1, 0.15) is 42.6 Å². The van der Waals surface area contributed by atoms with Crippen LogP contribution in [0.25, 0.3) is 0 Å². The number of carboxylic acid groups (broad SMARTS) is 1. The van der Waals surface area contributed by atoms with Crippen molar-refractivity contribution in [1.82, 2.24) is 9.88 Å². The molecule has 0 unspecified atom stereocenters. The number of anilines is 1. The van der Waals surface area contributed by atoms with E-state index in [0.717, 1.165) is 18.2 Å². The first-order valence-corrected chi connectivity index (χ1v) is 8.30. The molecule has 20 heavy (non-hydrogen) atoms. The van der Waals surface area contributed by atoms with Gasteiger partial charge in [0.25, 0.3) is 0 Å². The molecule has 0 saturated carbocycles. The zero-order chi connectivity index (χ0) is 13.9. The highest BCUT2D eigenvalue weighted by Gasteiger charge is 2.26. The molecule has 0 spiro atoms. The molecule has 0 amide bonds. The van der Waals surface area contributed by atoms with Gasteiger partial charge in [0.05, 0.1) is 0 Å². The average molecular weight is 295 g/mol. The maximum atomic E-state index is 10.9. The van der Waals surface area contributed by atoms with Crippen LogP contribution in [0.15, 0.2) is 5.38 Å². The molecule has 3 heterocycles. The number of hydrogen-bond donors (Lipinski definition) is 1. The van der Waals surface area contributed by atoms with Gasteiger partial charge in [-0.3, -0.25) is 0 Å². The molecule has 1 aromatic rings. The second-order valence-electron chi connectivity index (χ2n) is 5.64. The smallest absolute Gasteiger partial charge is 0.355 e. The first-order chi connectivity index (χ1) is 9.74. The van der Waals surface area contributed by atoms with Gasteiger partial charge in [-0.05, 0) is 38.8 Å². The lowest BCUT2D eigenvalue weighted by atomic mass is 10.0. The highest BCUT2D eigenvalue weighted by molar-refractivity contribution is 7.13. The zero-order valence-corrected chi connectivity index (χ0v) is 12.4. The fraction of sp³-hybridized carbons (Fsp3) is 0.714. The predicted molar refractivity (Wildman–Crippen MR) is 79.7 cm³/mol. The van der Waals surface area contributed by atoms with E-state index in [1.165, 1.54) is 56.5 Å². The van der Waals surface area contributed by atoms with Crippen LogP contribution >= 0.6 is 11.3 Å². The van der Waals surface area contributed by atoms with Crippen LogP contribution in [0, 0.1) is 0 Å². The molecule has 0 radical (unpaired) electrons. The zero-order valence-electron chi connectivity index (χ0n) is 11.6. The number of rotatable bonds is 3. The van der Waals surface area contributed by atoms with Gasteiger partial charge in [0.2, 0.25) is 0 Å². The number of piperidine rings is 2. The van der Waals surface area contributed by atoms with E-state index in [4.69, 9.17) is 5.11 Å². The Kier molecular flexibility index (Phi) is 4.21. The quantitative estimate of drug-likeness (QED) is 0.927. The van der Waals surface area contributed by atoms with Crippen LogP contribution in [0.5, 0.6) is 0 Å². The molecule has 2 aliphatic rings. The molecule has 3 rings (SSSR count). The maximum absolute atomic E-state index is 10.9. The third-order valence-corrected chi connectivity index (χ3v) is 5.25. The van der Waals surface area contributed by atoms with Crippen molar-refractivity contribution in [3.05, 3.63) is 11.1 Å². The van der Waals surface area contributed by atoms with E-state index in [2.05, 4.69) is 14.8 Å². The molecule has 0 bridgehead atoms. The Morgan fingerprint density at radius 1 is 1.20 bits per heavy atom. The summed E-state index contributed by atoms with van der Waals surface area (Å²) in [5.74, 6) is -0.935. The number of likely N-dealkylation sites (tertiary alicyclic amines) is 1. The van der Waals surface area contributed by atoms with Crippen LogP contribution in [0.2, 0.25) is 0 Å². The van der Waals surface area contributed by atoms with Gasteiger partial charge in [0.15, 0.2) is 10.8 Å². The molecule has 0 aromatic carbocycles. The molecule has 1 N–H and O–H groups in total. The second kappa shape index (κ2) is 6.10. The Labute approximate surface area is 123 Å². The highest BCUT2D eigenvalue weighted by Crippen LogP contribution is 2.27. The van der Waals surface area contributed by atoms with Crippen LogP contribution in [-0.2, 0) is 0 Å². The monoisotopic (exact) mass is 295 g/mol. The van der Waals surface area contributed by atoms with Gasteiger partial charge in [0.1, 0.15) is 0 Å². The van der Waals surface area contributed by atoms with Crippen molar-refractivity contribution in [3.8, 4) is 0 Å². The molecule has 6 heteroatoms. The minimum Gasteiger partial charge on any atom is -0.476 e. The number of hydrogen-bond acceptors (Lipinski definition) is 5. The Bertz CT molecular complexity index is 463. The van der Waals surface area contributed by atoms with Gasteiger partial charge < -0.3 is 14.9 Å². The molecule has 2 aliphatic heterocycles. The predicted octanol–water partition coefficient (Wildman–Crippen LogP) is 2.30. The average Bonchev–Trinajstić information content (AvgIpc) is 2.98. The number of thiazole rings is 1. The van der Waals surface area contributed by atoms with E-state index in [1.807, 2.05) is 0 Å². The SMILES string of the molecule is O=C(O)c1csc(N2CCC(N3CCCCC3)CC2)n1. The van der Waals surface area contributed by atoms with Crippen molar-refractivity contribution in [2.24, 2.45) is 0 Å². The van der Waals surface area contributed by atoms with Crippen molar-refractivity contribution >= 4 is 22.4 Å². The van der Waals surface area contributed by atoms with Crippen LogP contribution in [0.3, 0.4) is 0 Å². The van der Waals surface area contributed by atoms with E-state index < -0.39 is 5.97 Å². The lowest BCUT2D eigenvalue weighted by Gasteiger charge is -2.40. The number of nitrogens with zero attached hydrogens (tertiary/aromatic N) is 3. The number of carboxylic acids is 1. The molecule has 110 valence electrons. The molecule has 5 nitrogen and oxygen atoms in total. The highest BCUT2D eigenvalue weighted by atomic mass is 32.1. The van der Waals surface area contributed by atoms with Gasteiger partial charge in [-0.1, -0.05) is 6.42 Å². The van der Waals surface area contributed by atoms with E-state index in [9.17, 15) is 4.79 Å². The fourth-order valence-corrected chi connectivity index (χ4v) is 4.07. The summed E-state index contributed by atoms with van der Waals surface area (Å²) in [6.45, 7) is 4.50. The van der Waals surface area contributed by atoms with Crippen molar-refractivity contribution in [3.63, 3.8) is 0 Å². The van der Waals surface area contributed by atoms with Crippen molar-refractivity contribution in [2.45, 2.75) is 38.1 Å². The molecule has 0 atom stereocenters. The largest absolute Gasteiger partial charge is 0.476 e. The summed E-state index contributed by atoms with van der Waals surface area (Å²) in [7, 11) is 0. The fourth-order valence-electron chi connectivity index (χ4n) is 3.21. The summed E-state index contributed by atoms with van der Waals surface area (Å²) in [5, 5.41) is 11.4. The van der Waals surface area contributed by atoms with E-state index in [0.29, 0.717) is 6.04 Å². The first-order valence-electron chi connectivity index (χ1n) is 7.42. The molecular formula is C14H21N3O2S. The van der Waals surface area contributed by atoms with Crippen molar-refractivity contribution in [2.75, 3.05) is 31.1 Å². The lowest BCUT2D eigenvalue weighted by molar-refractivity contribution is 0.0691. The molecule has 1 aromatic heterocycles. The number of aromatic carboxylic acids is 1. The topological polar surface area (TPSA) is 56.7 Å². The number of aromatic nitrogens is 1. The summed E-state index contributed by atoms with van der Waals surface area (Å²) in [5.41, 5.74) is 0.170. The van der Waals surface area contributed by atoms with Crippen molar-refractivity contribution in [1.29, 1.82) is 0 Å². The second-order valence-corrected chi connectivity index (χ2v) is 6.47. The van der Waals surface area contributed by atoms with Crippen LogP contribution < -0.4 is 4.90 Å². The molecule has 0 aliphatic carbocycles. The van der Waals surface area contributed by atoms with E-state index >= 15 is 0 Å². The van der Waals surface area contributed by atoms with Gasteiger partial charge >= 0.3 is 5.97 Å². The molecule has 2 fully saturated rings. The minimum absolute atomic E-state index is 0.170. The summed E-state index contributed by atoms with van der Waals surface area (Å²) in [4.78, 5) is 20.0. The number of carbonyl (C=O) groups is 1. The Hall–Kier alpha value is -1.14. The maximum Gasteiger partial charge on any atom is 0.355 e. The van der Waals surface area contributed by atoms with E-state index in [-0.39, 0.29) is 5.69 Å². The third-order valence-electron chi connectivity index (χ3n) is 4.35. The van der Waals surface area contributed by atoms with Gasteiger partial charge in [-0.25, -0.2) is 9.78 Å². The van der Waals surface area contributed by atoms with Crippen molar-refractivity contribution < 1.29 is 9.90 Å². The van der Waals surface area contributed by atoms with Crippen LogP contribution in [-0.4, -0.2) is 53.2 Å². The summed E-state index contributed by atoms with van der Waals surface area (Å²) >= 11 is 1.44.